The van der Waals surface area contributed by atoms with Gasteiger partial charge in [-0.1, -0.05) is 107 Å². The first-order valence-electron chi connectivity index (χ1n) is 35.4. The molecule has 0 spiro atoms. The fraction of sp³-hybridized carbons (Fsp3) is 0.886. The quantitative estimate of drug-likeness (QED) is 0.0250. The summed E-state index contributed by atoms with van der Waals surface area (Å²) in [7, 11) is 0. The van der Waals surface area contributed by atoms with Crippen molar-refractivity contribution in [3.05, 3.63) is 0 Å². The molecule has 0 aromatic heterocycles. The SMILES string of the molecule is CC(=O)OCC1O[C@@H](OCCCCCCCC(=O)CCOCC(COCCC(=O)NCCCCCCO[C@@H]2OC(COC(C)=O)[C@H](C)[C@H](C)C2C)(COCCC(=O)NCCCCCCO[C@@H]2OC(COC(C)=O)[C@H](C)[C@H](C)C2C)NC(=O)CCCC(=O)O)C(C)[C@@H](C)[C@H]1C. The number of carbonyl (C=O) groups excluding carboxylic acids is 7. The van der Waals surface area contributed by atoms with Gasteiger partial charge >= 0.3 is 23.9 Å². The van der Waals surface area contributed by atoms with Crippen molar-refractivity contribution < 1.29 is 100 Å². The lowest BCUT2D eigenvalue weighted by Crippen LogP contribution is -2.58. The summed E-state index contributed by atoms with van der Waals surface area (Å²) in [5.74, 6) is -0.711. The van der Waals surface area contributed by atoms with Crippen molar-refractivity contribution in [2.45, 2.75) is 254 Å². The highest BCUT2D eigenvalue weighted by Gasteiger charge is 2.43. The van der Waals surface area contributed by atoms with E-state index in [-0.39, 0.29) is 206 Å². The molecule has 0 saturated carbocycles. The average Bonchev–Trinajstić information content (AvgIpc) is 0.875. The molecule has 94 heavy (non-hydrogen) atoms. The van der Waals surface area contributed by atoms with Crippen LogP contribution < -0.4 is 16.0 Å². The number of esters is 3. The summed E-state index contributed by atoms with van der Waals surface area (Å²) < 4.78 is 71.1. The second kappa shape index (κ2) is 47.5. The molecule has 0 aromatic carbocycles. The maximum absolute atomic E-state index is 13.5. The van der Waals surface area contributed by atoms with E-state index in [1.54, 1.807) is 0 Å². The van der Waals surface area contributed by atoms with Gasteiger partial charge in [0.05, 0.1) is 58.0 Å². The zero-order valence-corrected chi connectivity index (χ0v) is 59.3. The Morgan fingerprint density at radius 1 is 0.362 bits per heavy atom. The molecule has 0 aliphatic carbocycles. The number of nitrogens with one attached hydrogen (secondary N) is 3. The molecule has 3 saturated heterocycles. The number of unbranched alkanes of at least 4 members (excludes halogenated alkanes) is 10. The van der Waals surface area contributed by atoms with Crippen LogP contribution in [0.4, 0.5) is 0 Å². The summed E-state index contributed by atoms with van der Waals surface area (Å²) in [5, 5.41) is 18.2. The van der Waals surface area contributed by atoms with Gasteiger partial charge in [-0.05, 0) is 80.5 Å². The third kappa shape index (κ3) is 34.2. The Morgan fingerprint density at radius 2 is 0.702 bits per heavy atom. The first kappa shape index (κ1) is 83.8. The van der Waals surface area contributed by atoms with Crippen LogP contribution in [0, 0.1) is 53.3 Å². The van der Waals surface area contributed by atoms with Gasteiger partial charge in [0.1, 0.15) is 31.1 Å². The lowest BCUT2D eigenvalue weighted by atomic mass is 9.79. The van der Waals surface area contributed by atoms with E-state index in [1.165, 1.54) is 20.8 Å². The van der Waals surface area contributed by atoms with Crippen molar-refractivity contribution in [3.63, 3.8) is 0 Å². The van der Waals surface area contributed by atoms with Crippen molar-refractivity contribution in [1.29, 1.82) is 0 Å². The van der Waals surface area contributed by atoms with Crippen molar-refractivity contribution >= 4 is 47.4 Å². The highest BCUT2D eigenvalue weighted by Crippen LogP contribution is 2.38. The molecule has 0 aromatic rings. The van der Waals surface area contributed by atoms with Crippen LogP contribution in [0.1, 0.15) is 212 Å². The highest BCUT2D eigenvalue weighted by molar-refractivity contribution is 5.79. The van der Waals surface area contributed by atoms with E-state index in [0.717, 1.165) is 83.5 Å². The van der Waals surface area contributed by atoms with E-state index in [9.17, 15) is 43.5 Å². The molecule has 4 N–H and O–H groups in total. The molecule has 0 bridgehead atoms. The monoisotopic (exact) mass is 1340 g/mol. The van der Waals surface area contributed by atoms with E-state index >= 15 is 0 Å². The lowest BCUT2D eigenvalue weighted by molar-refractivity contribution is -0.255. The van der Waals surface area contributed by atoms with Gasteiger partial charge in [-0.2, -0.15) is 0 Å². The lowest BCUT2D eigenvalue weighted by Gasteiger charge is -2.43. The topological polar surface area (TPSA) is 304 Å². The third-order valence-electron chi connectivity index (χ3n) is 19.3. The van der Waals surface area contributed by atoms with Gasteiger partial charge in [0, 0.05) is 110 Å². The molecule has 0 radical (unpaired) electrons. The largest absolute Gasteiger partial charge is 0.481 e. The van der Waals surface area contributed by atoms with Crippen molar-refractivity contribution in [1.82, 2.24) is 16.0 Å². The van der Waals surface area contributed by atoms with Crippen molar-refractivity contribution in [2.75, 3.05) is 92.4 Å². The van der Waals surface area contributed by atoms with Crippen LogP contribution in [-0.4, -0.2) is 188 Å². The van der Waals surface area contributed by atoms with Crippen LogP contribution >= 0.6 is 0 Å². The molecule has 3 amide bonds. The number of carbonyl (C=O) groups is 8. The van der Waals surface area contributed by atoms with Gasteiger partial charge < -0.3 is 77.9 Å². The first-order valence-corrected chi connectivity index (χ1v) is 35.4. The van der Waals surface area contributed by atoms with Crippen LogP contribution in [0.15, 0.2) is 0 Å². The van der Waals surface area contributed by atoms with Gasteiger partial charge in [0.25, 0.3) is 0 Å². The van der Waals surface area contributed by atoms with Crippen LogP contribution in [0.2, 0.25) is 0 Å². The number of hydrogen-bond acceptors (Lipinski definition) is 20. The number of ether oxygens (including phenoxy) is 12. The number of amides is 3. The molecular weight excluding hydrogens is 1220 g/mol. The Morgan fingerprint density at radius 3 is 1.06 bits per heavy atom. The number of aliphatic carboxylic acids is 1. The minimum Gasteiger partial charge on any atom is -0.481 e. The predicted octanol–water partition coefficient (Wildman–Crippen LogP) is 9.22. The molecule has 3 aliphatic heterocycles. The maximum atomic E-state index is 13.5. The van der Waals surface area contributed by atoms with Crippen LogP contribution in [0.3, 0.4) is 0 Å². The van der Waals surface area contributed by atoms with Gasteiger partial charge in [0.15, 0.2) is 18.9 Å². The van der Waals surface area contributed by atoms with Gasteiger partial charge in [-0.15, -0.1) is 0 Å². The number of ketones is 1. The van der Waals surface area contributed by atoms with E-state index in [0.29, 0.717) is 57.1 Å². The summed E-state index contributed by atoms with van der Waals surface area (Å²) in [6.07, 6.45) is 9.53. The summed E-state index contributed by atoms with van der Waals surface area (Å²) >= 11 is 0. The van der Waals surface area contributed by atoms with Crippen molar-refractivity contribution in [2.24, 2.45) is 53.3 Å². The molecule has 24 nitrogen and oxygen atoms in total. The summed E-state index contributed by atoms with van der Waals surface area (Å²) in [6.45, 7) is 26.1. The molecule has 3 rings (SSSR count). The smallest absolute Gasteiger partial charge is 0.303 e. The van der Waals surface area contributed by atoms with E-state index in [1.807, 2.05) is 0 Å². The number of Topliss-reactive ketones (excluding diaryl/α,β-unsaturated/α-hetero) is 1. The zero-order valence-electron chi connectivity index (χ0n) is 59.3. The Kier molecular flexibility index (Phi) is 42.4. The molecule has 3 fully saturated rings. The Labute approximate surface area is 561 Å². The van der Waals surface area contributed by atoms with E-state index in [2.05, 4.69) is 78.3 Å². The Hall–Kier alpha value is -4.40. The maximum Gasteiger partial charge on any atom is 0.303 e. The predicted molar refractivity (Wildman–Crippen MR) is 351 cm³/mol. The summed E-state index contributed by atoms with van der Waals surface area (Å²) in [6, 6.07) is 0. The molecule has 3 heterocycles. The highest BCUT2D eigenvalue weighted by atomic mass is 16.7. The summed E-state index contributed by atoms with van der Waals surface area (Å²) in [5.41, 5.74) is -1.33. The first-order chi connectivity index (χ1) is 44.8. The molecule has 24 heteroatoms. The van der Waals surface area contributed by atoms with Gasteiger partial charge in [-0.3, -0.25) is 38.4 Å². The normalized spacial score (nSPS) is 26.7. The Balaban J connectivity index is 1.48. The summed E-state index contributed by atoms with van der Waals surface area (Å²) in [4.78, 5) is 98.2. The van der Waals surface area contributed by atoms with Gasteiger partial charge in [0.2, 0.25) is 17.7 Å². The van der Waals surface area contributed by atoms with Gasteiger partial charge in [-0.25, -0.2) is 0 Å². The molecular formula is C70H123N3O21. The Bertz CT molecular complexity index is 1980. The molecule has 6 unspecified atom stereocenters. The fourth-order valence-corrected chi connectivity index (χ4v) is 12.0. The van der Waals surface area contributed by atoms with E-state index in [4.69, 9.17) is 56.8 Å². The number of carboxylic acids is 1. The van der Waals surface area contributed by atoms with Crippen LogP contribution in [0.25, 0.3) is 0 Å². The van der Waals surface area contributed by atoms with Crippen LogP contribution in [-0.2, 0) is 95.2 Å². The second-order valence-electron chi connectivity index (χ2n) is 26.9. The molecule has 544 valence electrons. The zero-order chi connectivity index (χ0) is 69.4. The minimum absolute atomic E-state index is 0.0000761. The minimum atomic E-state index is -1.33. The fourth-order valence-electron chi connectivity index (χ4n) is 12.0. The molecule has 3 aliphatic rings. The number of rotatable bonds is 51. The van der Waals surface area contributed by atoms with Crippen molar-refractivity contribution in [3.8, 4) is 0 Å². The number of hydrogen-bond donors (Lipinski definition) is 4. The van der Waals surface area contributed by atoms with E-state index < -0.39 is 17.4 Å². The average molecular weight is 1340 g/mol. The van der Waals surface area contributed by atoms with Crippen LogP contribution in [0.5, 0.6) is 0 Å². The standard InChI is InChI=1S/C70H123N3O21/c1-47-50(4)60(41-89-56(10)74)92-67(53(47)7)86-35-23-17-13-14-20-27-59(77)30-38-83-44-70(73-65(80)28-26-29-66(81)82,45-84-39-31-63(78)71-33-21-15-18-24-36-87-68-54(8)48(2)51(5)61(93-68)42-90-57(11)75)46-85-40-32-64(79)72-34-22-16-19-25-37-88-69-55(9)49(3)52(6)62(94-69)43-91-58(12)76/h47-55,60-62,67-69H,13-46H2,1-12H3,(H,71,78)(H,72,79)(H,73,80)(H,81,82)/t47-,48-,49-,50+,51+,52+,53?,54?,55?,60?,61?,62?,67+,68+,69+,70?/m0/s1. The molecule has 15 atom stereocenters. The number of carboxylic acid groups (broad SMARTS) is 1. The third-order valence-corrected chi connectivity index (χ3v) is 19.3. The second-order valence-corrected chi connectivity index (χ2v) is 26.9.